The van der Waals surface area contributed by atoms with Crippen LogP contribution in [0, 0.1) is 5.92 Å². The first kappa shape index (κ1) is 25.0. The number of hydrogen-bond donors (Lipinski definition) is 5. The Morgan fingerprint density at radius 3 is 2.48 bits per heavy atom. The molecule has 1 aliphatic heterocycles. The summed E-state index contributed by atoms with van der Waals surface area (Å²) in [4.78, 5) is 36.3. The number of likely N-dealkylation sites (N-methyl/N-ethyl adjacent to an activating group) is 1. The fraction of sp³-hybridized carbons (Fsp3) is 0.609. The van der Waals surface area contributed by atoms with E-state index in [1.165, 1.54) is 0 Å². The van der Waals surface area contributed by atoms with Crippen LogP contribution in [0.1, 0.15) is 45.7 Å². The fourth-order valence-corrected chi connectivity index (χ4v) is 4.16. The zero-order valence-corrected chi connectivity index (χ0v) is 19.3. The number of aromatic hydroxyl groups is 1. The lowest BCUT2D eigenvalue weighted by Crippen LogP contribution is -2.59. The number of hydrogen-bond acceptors (Lipinski definition) is 7. The maximum absolute atomic E-state index is 13.0. The lowest BCUT2D eigenvalue weighted by Gasteiger charge is -2.31. The van der Waals surface area contributed by atoms with E-state index in [9.17, 15) is 19.5 Å². The number of Topliss-reactive ketones (excluding diaryl/α,β-unsaturated/α-hetero) is 1. The van der Waals surface area contributed by atoms with Crippen LogP contribution in [0.2, 0.25) is 0 Å². The van der Waals surface area contributed by atoms with Gasteiger partial charge in [-0.25, -0.2) is 0 Å². The number of nitrogens with one attached hydrogen (secondary N) is 4. The summed E-state index contributed by atoms with van der Waals surface area (Å²) in [6.45, 7) is 10.3. The second-order valence-corrected chi connectivity index (χ2v) is 9.50. The highest BCUT2D eigenvalue weighted by atomic mass is 16.3. The zero-order valence-electron chi connectivity index (χ0n) is 19.3. The Bertz CT molecular complexity index is 803. The molecular formula is C23H36N4O4. The molecule has 0 saturated carbocycles. The van der Waals surface area contributed by atoms with Crippen LogP contribution in [0.15, 0.2) is 18.2 Å². The molecule has 1 heterocycles. The highest BCUT2D eigenvalue weighted by Gasteiger charge is 2.39. The molecule has 1 saturated heterocycles. The molecule has 1 aromatic carbocycles. The summed E-state index contributed by atoms with van der Waals surface area (Å²) < 4.78 is 0. The summed E-state index contributed by atoms with van der Waals surface area (Å²) in [6, 6.07) is 3.41. The second kappa shape index (κ2) is 10.3. The Morgan fingerprint density at radius 1 is 1.26 bits per heavy atom. The zero-order chi connectivity index (χ0) is 23.3. The minimum Gasteiger partial charge on any atom is -0.507 e. The van der Waals surface area contributed by atoms with E-state index in [1.54, 1.807) is 7.05 Å². The molecule has 1 aliphatic rings. The van der Waals surface area contributed by atoms with Crippen LogP contribution in [0.3, 0.4) is 0 Å². The average Bonchev–Trinajstić information content (AvgIpc) is 3.17. The number of rotatable bonds is 9. The van der Waals surface area contributed by atoms with Gasteiger partial charge in [-0.05, 0) is 35.9 Å². The predicted octanol–water partition coefficient (Wildman–Crippen LogP) is 0.617. The minimum absolute atomic E-state index is 0.0605. The van der Waals surface area contributed by atoms with Crippen molar-refractivity contribution in [2.75, 3.05) is 13.7 Å². The maximum Gasteiger partial charge on any atom is 0.237 e. The van der Waals surface area contributed by atoms with Gasteiger partial charge in [-0.3, -0.25) is 25.0 Å². The van der Waals surface area contributed by atoms with Gasteiger partial charge in [-0.1, -0.05) is 52.8 Å². The molecule has 4 unspecified atom stereocenters. The second-order valence-electron chi connectivity index (χ2n) is 9.50. The number of benzene rings is 1. The average molecular weight is 433 g/mol. The number of ketones is 1. The van der Waals surface area contributed by atoms with Gasteiger partial charge in [0.15, 0.2) is 6.29 Å². The molecule has 0 aromatic heterocycles. The van der Waals surface area contributed by atoms with Crippen molar-refractivity contribution in [3.8, 4) is 5.75 Å². The first-order valence-electron chi connectivity index (χ1n) is 10.8. The van der Waals surface area contributed by atoms with Gasteiger partial charge in [0.2, 0.25) is 11.7 Å². The molecular weight excluding hydrogens is 396 g/mol. The van der Waals surface area contributed by atoms with Gasteiger partial charge in [-0.2, -0.15) is 0 Å². The predicted molar refractivity (Wildman–Crippen MR) is 120 cm³/mol. The number of phenolic OH excluding ortho intramolecular Hbond substituents is 1. The molecule has 0 spiro atoms. The molecule has 0 radical (unpaired) electrons. The van der Waals surface area contributed by atoms with Crippen LogP contribution in [0.5, 0.6) is 5.75 Å². The van der Waals surface area contributed by atoms with Crippen LogP contribution in [0.25, 0.3) is 0 Å². The Balaban J connectivity index is 2.40. The maximum atomic E-state index is 13.0. The van der Waals surface area contributed by atoms with E-state index in [0.29, 0.717) is 24.9 Å². The molecule has 172 valence electrons. The molecule has 2 rings (SSSR count). The van der Waals surface area contributed by atoms with E-state index in [0.717, 1.165) is 5.56 Å². The van der Waals surface area contributed by atoms with Crippen molar-refractivity contribution in [3.05, 3.63) is 29.3 Å². The molecule has 0 bridgehead atoms. The number of carbonyl (C=O) groups excluding carboxylic acids is 3. The molecule has 0 aliphatic carbocycles. The van der Waals surface area contributed by atoms with E-state index in [4.69, 9.17) is 0 Å². The van der Waals surface area contributed by atoms with E-state index in [2.05, 4.69) is 21.3 Å². The van der Waals surface area contributed by atoms with E-state index in [1.807, 2.05) is 52.8 Å². The first-order chi connectivity index (χ1) is 14.5. The standard InChI is InChI=1S/C23H36N4O4/c1-13(2)18(24-6)22(31)27-16(19-20(17(29)11-28)26-12-25-19)10-14-8-7-9-15(21(14)30)23(3,4)5/h7-9,11,13,16,18-20,24-26,30H,10,12H2,1-6H3,(H,27,31). The number of carbonyl (C=O) groups is 3. The molecule has 1 aromatic rings. The molecule has 1 fully saturated rings. The Kier molecular flexibility index (Phi) is 8.34. The van der Waals surface area contributed by atoms with Gasteiger partial charge in [0.25, 0.3) is 0 Å². The van der Waals surface area contributed by atoms with Crippen molar-refractivity contribution in [1.82, 2.24) is 21.3 Å². The van der Waals surface area contributed by atoms with E-state index < -0.39 is 30.0 Å². The van der Waals surface area contributed by atoms with Gasteiger partial charge >= 0.3 is 0 Å². The van der Waals surface area contributed by atoms with Gasteiger partial charge in [0.1, 0.15) is 5.75 Å². The van der Waals surface area contributed by atoms with Gasteiger partial charge in [0, 0.05) is 6.67 Å². The molecule has 5 N–H and O–H groups in total. The van der Waals surface area contributed by atoms with Crippen LogP contribution in [-0.4, -0.2) is 61.0 Å². The Morgan fingerprint density at radius 2 is 1.94 bits per heavy atom. The lowest BCUT2D eigenvalue weighted by molar-refractivity contribution is -0.131. The van der Waals surface area contributed by atoms with Crippen LogP contribution < -0.4 is 21.3 Å². The SMILES string of the molecule is CNC(C(=O)NC(Cc1cccc(C(C)(C)C)c1O)C1NCNC1C(=O)C=O)C(C)C. The quantitative estimate of drug-likeness (QED) is 0.287. The molecule has 4 atom stereocenters. The van der Waals surface area contributed by atoms with Gasteiger partial charge < -0.3 is 15.7 Å². The third kappa shape index (κ3) is 5.90. The van der Waals surface area contributed by atoms with Crippen molar-refractivity contribution in [1.29, 1.82) is 0 Å². The fourth-order valence-electron chi connectivity index (χ4n) is 4.16. The van der Waals surface area contributed by atoms with Crippen molar-refractivity contribution < 1.29 is 19.5 Å². The van der Waals surface area contributed by atoms with Crippen molar-refractivity contribution in [2.45, 2.75) is 70.6 Å². The van der Waals surface area contributed by atoms with E-state index >= 15 is 0 Å². The van der Waals surface area contributed by atoms with Gasteiger partial charge in [-0.15, -0.1) is 0 Å². The van der Waals surface area contributed by atoms with Crippen LogP contribution in [-0.2, 0) is 26.2 Å². The highest BCUT2D eigenvalue weighted by molar-refractivity contribution is 6.27. The summed E-state index contributed by atoms with van der Waals surface area (Å²) in [5.41, 5.74) is 1.23. The molecule has 8 nitrogen and oxygen atoms in total. The number of phenols is 1. The normalized spacial score (nSPS) is 21.0. The molecule has 8 heteroatoms. The summed E-state index contributed by atoms with van der Waals surface area (Å²) in [5, 5.41) is 23.2. The Hall–Kier alpha value is -2.29. The lowest BCUT2D eigenvalue weighted by atomic mass is 9.83. The Labute approximate surface area is 184 Å². The van der Waals surface area contributed by atoms with Crippen LogP contribution in [0.4, 0.5) is 0 Å². The number of aldehydes is 1. The van der Waals surface area contributed by atoms with Gasteiger partial charge in [0.05, 0.1) is 24.2 Å². The monoisotopic (exact) mass is 432 g/mol. The van der Waals surface area contributed by atoms with Crippen LogP contribution >= 0.6 is 0 Å². The summed E-state index contributed by atoms with van der Waals surface area (Å²) in [5.74, 6) is -0.520. The smallest absolute Gasteiger partial charge is 0.237 e. The van der Waals surface area contributed by atoms with Crippen molar-refractivity contribution in [3.63, 3.8) is 0 Å². The number of para-hydroxylation sites is 1. The third-order valence-electron chi connectivity index (χ3n) is 5.83. The summed E-state index contributed by atoms with van der Waals surface area (Å²) in [6.07, 6.45) is 0.608. The largest absolute Gasteiger partial charge is 0.507 e. The number of amides is 1. The molecule has 31 heavy (non-hydrogen) atoms. The highest BCUT2D eigenvalue weighted by Crippen LogP contribution is 2.34. The third-order valence-corrected chi connectivity index (χ3v) is 5.83. The van der Waals surface area contributed by atoms with E-state index in [-0.39, 0.29) is 23.0 Å². The summed E-state index contributed by atoms with van der Waals surface area (Å²) >= 11 is 0. The van der Waals surface area contributed by atoms with Crippen molar-refractivity contribution in [2.24, 2.45) is 5.92 Å². The first-order valence-corrected chi connectivity index (χ1v) is 10.8. The van der Waals surface area contributed by atoms with Crippen molar-refractivity contribution >= 4 is 18.0 Å². The molecule has 1 amide bonds. The topological polar surface area (TPSA) is 120 Å². The summed E-state index contributed by atoms with van der Waals surface area (Å²) in [7, 11) is 1.73. The minimum atomic E-state index is -0.747.